The van der Waals surface area contributed by atoms with Crippen molar-refractivity contribution in [3.05, 3.63) is 28.8 Å². The van der Waals surface area contributed by atoms with Crippen LogP contribution >= 0.6 is 0 Å². The van der Waals surface area contributed by atoms with Crippen LogP contribution in [-0.2, 0) is 41.6 Å². The number of benzene rings is 1. The summed E-state index contributed by atoms with van der Waals surface area (Å²) < 4.78 is 15.2. The average Bonchev–Trinajstić information content (AvgIpc) is 2.57. The Balaban J connectivity index is 3.11. The van der Waals surface area contributed by atoms with Gasteiger partial charge in [0, 0.05) is 12.6 Å². The molecule has 0 spiro atoms. The highest BCUT2D eigenvalue weighted by atomic mass is 16.5. The summed E-state index contributed by atoms with van der Waals surface area (Å²) in [7, 11) is 0. The van der Waals surface area contributed by atoms with Gasteiger partial charge in [-0.15, -0.1) is 0 Å². The quantitative estimate of drug-likeness (QED) is 0.407. The van der Waals surface area contributed by atoms with Crippen LogP contribution in [0.4, 0.5) is 5.69 Å². The molecule has 0 amide bonds. The fourth-order valence-electron chi connectivity index (χ4n) is 2.58. The molecule has 144 valence electrons. The van der Waals surface area contributed by atoms with Gasteiger partial charge in [0.05, 0.1) is 25.6 Å². The second-order valence-corrected chi connectivity index (χ2v) is 5.86. The van der Waals surface area contributed by atoms with Gasteiger partial charge in [-0.3, -0.25) is 14.4 Å². The highest BCUT2D eigenvalue weighted by Crippen LogP contribution is 2.25. The van der Waals surface area contributed by atoms with Crippen LogP contribution in [-0.4, -0.2) is 31.1 Å². The van der Waals surface area contributed by atoms with Gasteiger partial charge in [0.15, 0.2) is 0 Å². The number of carbonyl (C=O) groups is 3. The van der Waals surface area contributed by atoms with E-state index < -0.39 is 23.8 Å². The third-order valence-corrected chi connectivity index (χ3v) is 3.96. The Bertz CT molecular complexity index is 656. The summed E-state index contributed by atoms with van der Waals surface area (Å²) >= 11 is 0. The first kappa shape index (κ1) is 21.5. The van der Waals surface area contributed by atoms with Crippen molar-refractivity contribution in [2.75, 3.05) is 18.9 Å². The molecule has 0 aromatic heterocycles. The lowest BCUT2D eigenvalue weighted by atomic mass is 9.91. The van der Waals surface area contributed by atoms with Crippen LogP contribution in [0.5, 0.6) is 0 Å². The van der Waals surface area contributed by atoms with E-state index in [-0.39, 0.29) is 32.7 Å². The summed E-state index contributed by atoms with van der Waals surface area (Å²) in [5.41, 5.74) is 8.80. The fourth-order valence-corrected chi connectivity index (χ4v) is 2.58. The van der Waals surface area contributed by atoms with E-state index in [4.69, 9.17) is 19.9 Å². The van der Waals surface area contributed by atoms with Gasteiger partial charge in [-0.1, -0.05) is 6.07 Å². The number of ether oxygens (including phenoxy) is 3. The third-order valence-electron chi connectivity index (χ3n) is 3.96. The van der Waals surface area contributed by atoms with Gasteiger partial charge < -0.3 is 19.9 Å². The van der Waals surface area contributed by atoms with E-state index in [9.17, 15) is 14.4 Å². The number of carbonyl (C=O) groups excluding carboxylic acids is 3. The molecule has 0 aliphatic heterocycles. The first-order valence-corrected chi connectivity index (χ1v) is 8.62. The van der Waals surface area contributed by atoms with Crippen LogP contribution in [0.3, 0.4) is 0 Å². The molecule has 1 atom stereocenters. The molecule has 26 heavy (non-hydrogen) atoms. The predicted molar refractivity (Wildman–Crippen MR) is 96.1 cm³/mol. The van der Waals surface area contributed by atoms with Crippen LogP contribution in [0.25, 0.3) is 0 Å². The topological polar surface area (TPSA) is 105 Å². The smallest absolute Gasteiger partial charge is 0.309 e. The number of rotatable bonds is 9. The Morgan fingerprint density at radius 1 is 1.08 bits per heavy atom. The second kappa shape index (κ2) is 10.4. The maximum Gasteiger partial charge on any atom is 0.309 e. The monoisotopic (exact) mass is 365 g/mol. The van der Waals surface area contributed by atoms with Crippen LogP contribution in [0.15, 0.2) is 12.1 Å². The molecule has 2 N–H and O–H groups in total. The van der Waals surface area contributed by atoms with Gasteiger partial charge in [-0.05, 0) is 49.9 Å². The van der Waals surface area contributed by atoms with Crippen LogP contribution in [0, 0.1) is 12.8 Å². The maximum atomic E-state index is 12.3. The summed E-state index contributed by atoms with van der Waals surface area (Å²) in [6.07, 6.45) is 0.179. The zero-order chi connectivity index (χ0) is 19.7. The lowest BCUT2D eigenvalue weighted by molar-refractivity contribution is -0.154. The molecule has 0 aliphatic rings. The number of nitrogen functional groups attached to an aromatic ring is 1. The van der Waals surface area contributed by atoms with Gasteiger partial charge in [-0.2, -0.15) is 0 Å². The molecule has 1 rings (SSSR count). The van der Waals surface area contributed by atoms with E-state index in [1.165, 1.54) is 6.92 Å². The zero-order valence-corrected chi connectivity index (χ0v) is 15.8. The predicted octanol–water partition coefficient (Wildman–Crippen LogP) is 2.32. The molecule has 0 aliphatic carbocycles. The van der Waals surface area contributed by atoms with Gasteiger partial charge in [0.1, 0.15) is 6.61 Å². The molecule has 1 aromatic rings. The molecule has 0 saturated carbocycles. The second-order valence-electron chi connectivity index (χ2n) is 5.86. The van der Waals surface area contributed by atoms with Crippen molar-refractivity contribution < 1.29 is 28.6 Å². The Morgan fingerprint density at radius 3 is 2.31 bits per heavy atom. The van der Waals surface area contributed by atoms with Crippen LogP contribution in [0.2, 0.25) is 0 Å². The van der Waals surface area contributed by atoms with E-state index in [2.05, 4.69) is 0 Å². The van der Waals surface area contributed by atoms with Crippen molar-refractivity contribution in [1.82, 2.24) is 0 Å². The molecular weight excluding hydrogens is 338 g/mol. The minimum Gasteiger partial charge on any atom is -0.466 e. The molecule has 0 radical (unpaired) electrons. The SMILES string of the molecule is CCOC(=O)CC(Cc1ccc(N)c(C)c1COC(C)=O)C(=O)OCC. The molecular formula is C19H27NO6. The fraction of sp³-hybridized carbons (Fsp3) is 0.526. The molecule has 0 fully saturated rings. The highest BCUT2D eigenvalue weighted by molar-refractivity contribution is 5.80. The lowest BCUT2D eigenvalue weighted by Gasteiger charge is -2.19. The summed E-state index contributed by atoms with van der Waals surface area (Å²) in [5.74, 6) is -2.02. The normalized spacial score (nSPS) is 11.5. The van der Waals surface area contributed by atoms with Crippen LogP contribution < -0.4 is 5.73 Å². The van der Waals surface area contributed by atoms with Gasteiger partial charge >= 0.3 is 17.9 Å². The Labute approximate surface area is 153 Å². The van der Waals surface area contributed by atoms with Gasteiger partial charge in [0.2, 0.25) is 0 Å². The summed E-state index contributed by atoms with van der Waals surface area (Å²) in [6, 6.07) is 3.51. The Morgan fingerprint density at radius 2 is 1.73 bits per heavy atom. The molecule has 0 saturated heterocycles. The number of esters is 3. The molecule has 0 bridgehead atoms. The van der Waals surface area contributed by atoms with E-state index in [1.807, 2.05) is 6.92 Å². The first-order chi connectivity index (χ1) is 12.3. The maximum absolute atomic E-state index is 12.3. The molecule has 0 heterocycles. The number of hydrogen-bond acceptors (Lipinski definition) is 7. The first-order valence-electron chi connectivity index (χ1n) is 8.62. The molecule has 7 heteroatoms. The Hall–Kier alpha value is -2.57. The summed E-state index contributed by atoms with van der Waals surface area (Å²) in [5, 5.41) is 0. The largest absolute Gasteiger partial charge is 0.466 e. The van der Waals surface area contributed by atoms with E-state index in [0.29, 0.717) is 5.69 Å². The number of anilines is 1. The Kier molecular flexibility index (Phi) is 8.61. The number of hydrogen-bond donors (Lipinski definition) is 1. The lowest BCUT2D eigenvalue weighted by Crippen LogP contribution is -2.25. The highest BCUT2D eigenvalue weighted by Gasteiger charge is 2.26. The van der Waals surface area contributed by atoms with Gasteiger partial charge in [0.25, 0.3) is 0 Å². The van der Waals surface area contributed by atoms with E-state index in [1.54, 1.807) is 26.0 Å². The van der Waals surface area contributed by atoms with Crippen molar-refractivity contribution in [2.45, 2.75) is 47.1 Å². The standard InChI is InChI=1S/C19H27NO6/c1-5-24-18(22)10-15(19(23)25-6-2)9-14-7-8-17(20)12(3)16(14)11-26-13(4)21/h7-8,15H,5-6,9-11,20H2,1-4H3. The number of nitrogens with two attached hydrogens (primary N) is 1. The minimum absolute atomic E-state index is 0.0521. The summed E-state index contributed by atoms with van der Waals surface area (Å²) in [6.45, 7) is 7.07. The zero-order valence-electron chi connectivity index (χ0n) is 15.8. The third kappa shape index (κ3) is 6.38. The van der Waals surface area contributed by atoms with Crippen molar-refractivity contribution in [1.29, 1.82) is 0 Å². The summed E-state index contributed by atoms with van der Waals surface area (Å²) in [4.78, 5) is 35.3. The molecule has 1 aromatic carbocycles. The minimum atomic E-state index is -0.687. The molecule has 1 unspecified atom stereocenters. The average molecular weight is 365 g/mol. The van der Waals surface area contributed by atoms with Crippen molar-refractivity contribution in [2.24, 2.45) is 5.92 Å². The molecule has 7 nitrogen and oxygen atoms in total. The van der Waals surface area contributed by atoms with E-state index in [0.717, 1.165) is 16.7 Å². The van der Waals surface area contributed by atoms with Crippen molar-refractivity contribution in [3.63, 3.8) is 0 Å². The van der Waals surface area contributed by atoms with Crippen LogP contribution in [0.1, 0.15) is 43.9 Å². The van der Waals surface area contributed by atoms with Crippen molar-refractivity contribution >= 4 is 23.6 Å². The van der Waals surface area contributed by atoms with Crippen molar-refractivity contribution in [3.8, 4) is 0 Å². The van der Waals surface area contributed by atoms with E-state index >= 15 is 0 Å². The van der Waals surface area contributed by atoms with Gasteiger partial charge in [-0.25, -0.2) is 0 Å².